The highest BCUT2D eigenvalue weighted by Crippen LogP contribution is 2.21. The quantitative estimate of drug-likeness (QED) is 0.652. The number of para-hydroxylation sites is 1. The Labute approximate surface area is 142 Å². The van der Waals surface area contributed by atoms with E-state index in [0.717, 1.165) is 30.8 Å². The van der Waals surface area contributed by atoms with Crippen LogP contribution in [0.2, 0.25) is 5.02 Å². The number of benzene rings is 1. The second kappa shape index (κ2) is 7.20. The fourth-order valence-electron chi connectivity index (χ4n) is 2.95. The second-order valence-electron chi connectivity index (χ2n) is 5.92. The molecule has 5 heteroatoms. The average molecular weight is 332 g/mol. The van der Waals surface area contributed by atoms with E-state index in [9.17, 15) is 0 Å². The number of hydrogen-bond donors (Lipinski definition) is 1. The van der Waals surface area contributed by atoms with Crippen LogP contribution in [0.1, 0.15) is 29.8 Å². The molecule has 0 spiro atoms. The summed E-state index contributed by atoms with van der Waals surface area (Å²) in [5.41, 5.74) is 7.35. The molecule has 1 atom stereocenters. The maximum absolute atomic E-state index is 6.11. The zero-order valence-electron chi connectivity index (χ0n) is 13.6. The van der Waals surface area contributed by atoms with Crippen LogP contribution in [0.3, 0.4) is 0 Å². The van der Waals surface area contributed by atoms with Crippen LogP contribution in [0.5, 0.6) is 0 Å². The lowest BCUT2D eigenvalue weighted by molar-refractivity contribution is 0.0962. The summed E-state index contributed by atoms with van der Waals surface area (Å²) in [5, 5.41) is 4.98. The first-order chi connectivity index (χ1) is 11.1. The Balaban J connectivity index is 1.70. The van der Waals surface area contributed by atoms with Gasteiger partial charge in [-0.1, -0.05) is 23.7 Å². The summed E-state index contributed by atoms with van der Waals surface area (Å²) in [5.74, 6) is 0. The lowest BCUT2D eigenvalue weighted by atomic mass is 10.2. The van der Waals surface area contributed by atoms with Gasteiger partial charge in [-0.15, -0.1) is 0 Å². The number of aromatic nitrogens is 1. The summed E-state index contributed by atoms with van der Waals surface area (Å²) in [6.07, 6.45) is 4.50. The van der Waals surface area contributed by atoms with Gasteiger partial charge >= 0.3 is 0 Å². The van der Waals surface area contributed by atoms with E-state index in [1.165, 1.54) is 17.8 Å². The molecule has 0 radical (unpaired) electrons. The molecule has 0 bridgehead atoms. The number of aryl methyl sites for hydroxylation is 1. The summed E-state index contributed by atoms with van der Waals surface area (Å²) in [6, 6.07) is 9.72. The minimum Gasteiger partial charge on any atom is -0.376 e. The van der Waals surface area contributed by atoms with Crippen LogP contribution in [0, 0.1) is 13.8 Å². The zero-order valence-corrected chi connectivity index (χ0v) is 14.3. The smallest absolute Gasteiger partial charge is 0.0754 e. The Kier molecular flexibility index (Phi) is 5.03. The molecule has 1 aromatic heterocycles. The van der Waals surface area contributed by atoms with Crippen molar-refractivity contribution in [2.75, 3.05) is 12.0 Å². The molecule has 2 heterocycles. The summed E-state index contributed by atoms with van der Waals surface area (Å²) < 4.78 is 8.06. The predicted molar refractivity (Wildman–Crippen MR) is 95.5 cm³/mol. The number of halogens is 1. The number of nitrogens with one attached hydrogen (secondary N) is 1. The molecule has 0 aliphatic carbocycles. The van der Waals surface area contributed by atoms with Crippen LogP contribution in [0.15, 0.2) is 35.4 Å². The predicted octanol–water partition coefficient (Wildman–Crippen LogP) is 4.38. The second-order valence-corrected chi connectivity index (χ2v) is 6.33. The Morgan fingerprint density at radius 3 is 2.96 bits per heavy atom. The summed E-state index contributed by atoms with van der Waals surface area (Å²) >= 11 is 6.11. The SMILES string of the molecule is Cc1cc(/C=N\Nc2ccccc2Cl)c(C)n1C[C@H]1CCCO1. The van der Waals surface area contributed by atoms with E-state index in [1.807, 2.05) is 30.5 Å². The molecule has 0 amide bonds. The van der Waals surface area contributed by atoms with E-state index in [-0.39, 0.29) is 0 Å². The number of hydrogen-bond acceptors (Lipinski definition) is 3. The number of ether oxygens (including phenoxy) is 1. The Hall–Kier alpha value is -1.78. The molecule has 1 fully saturated rings. The number of nitrogens with zero attached hydrogens (tertiary/aromatic N) is 2. The molecule has 1 aromatic carbocycles. The van der Waals surface area contributed by atoms with Crippen molar-refractivity contribution in [3.8, 4) is 0 Å². The first-order valence-electron chi connectivity index (χ1n) is 7.97. The maximum atomic E-state index is 6.11. The van der Waals surface area contributed by atoms with Gasteiger partial charge in [0.15, 0.2) is 0 Å². The first kappa shape index (κ1) is 16.1. The highest BCUT2D eigenvalue weighted by atomic mass is 35.5. The van der Waals surface area contributed by atoms with Crippen molar-refractivity contribution >= 4 is 23.5 Å². The van der Waals surface area contributed by atoms with Crippen molar-refractivity contribution in [2.45, 2.75) is 39.3 Å². The molecular weight excluding hydrogens is 310 g/mol. The van der Waals surface area contributed by atoms with Gasteiger partial charge in [-0.05, 0) is 44.9 Å². The van der Waals surface area contributed by atoms with Gasteiger partial charge in [-0.3, -0.25) is 5.43 Å². The third-order valence-corrected chi connectivity index (χ3v) is 4.62. The molecule has 2 aromatic rings. The van der Waals surface area contributed by atoms with Crippen molar-refractivity contribution in [3.63, 3.8) is 0 Å². The van der Waals surface area contributed by atoms with Crippen molar-refractivity contribution < 1.29 is 4.74 Å². The average Bonchev–Trinajstić information content (AvgIpc) is 3.14. The molecule has 1 aliphatic heterocycles. The minimum atomic E-state index is 0.339. The normalized spacial score (nSPS) is 18.0. The van der Waals surface area contributed by atoms with Crippen LogP contribution >= 0.6 is 11.6 Å². The van der Waals surface area contributed by atoms with Crippen molar-refractivity contribution in [2.24, 2.45) is 5.10 Å². The largest absolute Gasteiger partial charge is 0.376 e. The van der Waals surface area contributed by atoms with Gasteiger partial charge in [-0.2, -0.15) is 5.10 Å². The topological polar surface area (TPSA) is 38.5 Å². The van der Waals surface area contributed by atoms with Gasteiger partial charge < -0.3 is 9.30 Å². The molecule has 1 N–H and O–H groups in total. The maximum Gasteiger partial charge on any atom is 0.0754 e. The molecular formula is C18H22ClN3O. The van der Waals surface area contributed by atoms with Gasteiger partial charge in [0.2, 0.25) is 0 Å². The van der Waals surface area contributed by atoms with Crippen molar-refractivity contribution in [3.05, 3.63) is 52.3 Å². The standard InChI is InChI=1S/C18H22ClN3O/c1-13-10-15(11-20-21-18-8-4-3-7-17(18)19)14(2)22(13)12-16-6-5-9-23-16/h3-4,7-8,10-11,16,21H,5-6,9,12H2,1-2H3/b20-11-/t16-/m1/s1. The number of anilines is 1. The van der Waals surface area contributed by atoms with E-state index < -0.39 is 0 Å². The summed E-state index contributed by atoms with van der Waals surface area (Å²) in [4.78, 5) is 0. The number of hydrazone groups is 1. The molecule has 1 saturated heterocycles. The van der Waals surface area contributed by atoms with Crippen LogP contribution in [-0.2, 0) is 11.3 Å². The van der Waals surface area contributed by atoms with Gasteiger partial charge in [0.25, 0.3) is 0 Å². The number of rotatable bonds is 5. The Bertz CT molecular complexity index is 702. The molecule has 122 valence electrons. The zero-order chi connectivity index (χ0) is 16.2. The van der Waals surface area contributed by atoms with Crippen LogP contribution in [0.25, 0.3) is 0 Å². The van der Waals surface area contributed by atoms with E-state index in [4.69, 9.17) is 16.3 Å². The van der Waals surface area contributed by atoms with E-state index in [0.29, 0.717) is 11.1 Å². The van der Waals surface area contributed by atoms with E-state index in [2.05, 4.69) is 35.0 Å². The van der Waals surface area contributed by atoms with Crippen molar-refractivity contribution in [1.29, 1.82) is 0 Å². The molecule has 0 unspecified atom stereocenters. The Morgan fingerprint density at radius 1 is 1.39 bits per heavy atom. The van der Waals surface area contributed by atoms with E-state index >= 15 is 0 Å². The van der Waals surface area contributed by atoms with Crippen LogP contribution < -0.4 is 5.43 Å². The fraction of sp³-hybridized carbons (Fsp3) is 0.389. The highest BCUT2D eigenvalue weighted by molar-refractivity contribution is 6.33. The van der Waals surface area contributed by atoms with Crippen LogP contribution in [-0.4, -0.2) is 23.5 Å². The lowest BCUT2D eigenvalue weighted by Crippen LogP contribution is -2.16. The first-order valence-corrected chi connectivity index (χ1v) is 8.35. The van der Waals surface area contributed by atoms with E-state index in [1.54, 1.807) is 0 Å². The van der Waals surface area contributed by atoms with Crippen LogP contribution in [0.4, 0.5) is 5.69 Å². The van der Waals surface area contributed by atoms with Gasteiger partial charge in [0.05, 0.1) is 23.0 Å². The molecule has 4 nitrogen and oxygen atoms in total. The van der Waals surface area contributed by atoms with Gasteiger partial charge in [-0.25, -0.2) is 0 Å². The molecule has 23 heavy (non-hydrogen) atoms. The third kappa shape index (κ3) is 3.77. The molecule has 1 aliphatic rings. The highest BCUT2D eigenvalue weighted by Gasteiger charge is 2.18. The summed E-state index contributed by atoms with van der Waals surface area (Å²) in [7, 11) is 0. The minimum absolute atomic E-state index is 0.339. The molecule has 3 rings (SSSR count). The lowest BCUT2D eigenvalue weighted by Gasteiger charge is -2.14. The van der Waals surface area contributed by atoms with Crippen molar-refractivity contribution in [1.82, 2.24) is 4.57 Å². The van der Waals surface area contributed by atoms with Gasteiger partial charge in [0, 0.05) is 30.1 Å². The Morgan fingerprint density at radius 2 is 2.22 bits per heavy atom. The monoisotopic (exact) mass is 331 g/mol. The third-order valence-electron chi connectivity index (χ3n) is 4.29. The summed E-state index contributed by atoms with van der Waals surface area (Å²) in [6.45, 7) is 6.06. The molecule has 0 saturated carbocycles. The van der Waals surface area contributed by atoms with Gasteiger partial charge in [0.1, 0.15) is 0 Å². The fourth-order valence-corrected chi connectivity index (χ4v) is 3.13.